The zero-order chi connectivity index (χ0) is 21.1. The number of rotatable bonds is 8. The van der Waals surface area contributed by atoms with Crippen LogP contribution in [0.25, 0.3) is 10.9 Å². The van der Waals surface area contributed by atoms with E-state index in [1.165, 1.54) is 18.0 Å². The van der Waals surface area contributed by atoms with E-state index in [0.717, 1.165) is 10.9 Å². The van der Waals surface area contributed by atoms with E-state index in [9.17, 15) is 9.59 Å². The van der Waals surface area contributed by atoms with E-state index in [1.807, 2.05) is 53.6 Å². The normalized spacial score (nSPS) is 11.1. The van der Waals surface area contributed by atoms with E-state index < -0.39 is 0 Å². The lowest BCUT2D eigenvalue weighted by Gasteiger charge is -2.07. The lowest BCUT2D eigenvalue weighted by molar-refractivity contribution is 0.0921. The van der Waals surface area contributed by atoms with Gasteiger partial charge in [-0.15, -0.1) is 10.2 Å². The van der Waals surface area contributed by atoms with Gasteiger partial charge in [0.1, 0.15) is 0 Å². The summed E-state index contributed by atoms with van der Waals surface area (Å²) in [5.41, 5.74) is 1.73. The molecule has 3 heterocycles. The van der Waals surface area contributed by atoms with E-state index in [0.29, 0.717) is 23.1 Å². The fourth-order valence-electron chi connectivity index (χ4n) is 3.30. The smallest absolute Gasteiger partial charge is 0.287 e. The number of hydrogen-bond donors (Lipinski definition) is 1. The third-order valence-corrected chi connectivity index (χ3v) is 5.76. The Labute approximate surface area is 177 Å². The minimum absolute atomic E-state index is 0.0372. The van der Waals surface area contributed by atoms with Gasteiger partial charge in [-0.25, -0.2) is 0 Å². The average Bonchev–Trinajstić information content (AvgIpc) is 3.49. The molecule has 4 rings (SSSR count). The maximum absolute atomic E-state index is 12.8. The van der Waals surface area contributed by atoms with E-state index >= 15 is 0 Å². The number of para-hydroxylation sites is 1. The van der Waals surface area contributed by atoms with Crippen molar-refractivity contribution < 1.29 is 14.0 Å². The molecule has 30 heavy (non-hydrogen) atoms. The summed E-state index contributed by atoms with van der Waals surface area (Å²) in [6.07, 6.45) is 3.32. The molecular weight excluding hydrogens is 402 g/mol. The molecule has 3 aromatic heterocycles. The Bertz CT molecular complexity index is 1190. The Morgan fingerprint density at radius 1 is 1.17 bits per heavy atom. The molecule has 0 unspecified atom stereocenters. The van der Waals surface area contributed by atoms with Gasteiger partial charge in [0.15, 0.2) is 22.5 Å². The summed E-state index contributed by atoms with van der Waals surface area (Å²) >= 11 is 1.34. The number of thioether (sulfide) groups is 1. The van der Waals surface area contributed by atoms with Crippen LogP contribution in [0.4, 0.5) is 0 Å². The molecule has 9 heteroatoms. The molecule has 0 aliphatic rings. The van der Waals surface area contributed by atoms with Crippen LogP contribution in [-0.4, -0.2) is 36.8 Å². The van der Waals surface area contributed by atoms with E-state index in [2.05, 4.69) is 15.5 Å². The van der Waals surface area contributed by atoms with Crippen LogP contribution in [0.1, 0.15) is 33.7 Å². The number of hydrogen-bond acceptors (Lipinski definition) is 6. The summed E-state index contributed by atoms with van der Waals surface area (Å²) in [6.45, 7) is 2.82. The number of benzene rings is 1. The van der Waals surface area contributed by atoms with Gasteiger partial charge in [0.2, 0.25) is 0 Å². The number of aromatic nitrogens is 4. The molecule has 154 valence electrons. The van der Waals surface area contributed by atoms with Crippen molar-refractivity contribution >= 4 is 34.4 Å². The van der Waals surface area contributed by atoms with Crippen molar-refractivity contribution in [2.24, 2.45) is 7.05 Å². The van der Waals surface area contributed by atoms with Crippen LogP contribution in [0.3, 0.4) is 0 Å². The molecular formula is C21H21N5O3S. The number of furan rings is 1. The Balaban J connectivity index is 1.43. The standard InChI is InChI=1S/C21H21N5O3S/c1-3-26-19(11-22-20(28)18-9-6-10-29-18)23-24-21(26)30-13-17(27)15-12-25(2)16-8-5-4-7-14(15)16/h4-10,12H,3,11,13H2,1-2H3,(H,22,28). The highest BCUT2D eigenvalue weighted by Gasteiger charge is 2.18. The van der Waals surface area contributed by atoms with Gasteiger partial charge in [0, 0.05) is 36.3 Å². The number of fused-ring (bicyclic) bond motifs is 1. The van der Waals surface area contributed by atoms with Crippen LogP contribution in [0.15, 0.2) is 58.4 Å². The molecule has 0 spiro atoms. The van der Waals surface area contributed by atoms with Crippen LogP contribution in [0, 0.1) is 0 Å². The van der Waals surface area contributed by atoms with Crippen LogP contribution in [-0.2, 0) is 20.1 Å². The summed E-state index contributed by atoms with van der Waals surface area (Å²) in [5, 5.41) is 12.7. The highest BCUT2D eigenvalue weighted by atomic mass is 32.2. The van der Waals surface area contributed by atoms with E-state index in [1.54, 1.807) is 12.1 Å². The molecule has 0 aliphatic heterocycles. The summed E-state index contributed by atoms with van der Waals surface area (Å²) in [4.78, 5) is 24.9. The maximum Gasteiger partial charge on any atom is 0.287 e. The molecule has 8 nitrogen and oxygen atoms in total. The lowest BCUT2D eigenvalue weighted by atomic mass is 10.1. The predicted molar refractivity (Wildman–Crippen MR) is 114 cm³/mol. The number of amides is 1. The topological polar surface area (TPSA) is 95.0 Å². The van der Waals surface area contributed by atoms with Crippen molar-refractivity contribution in [1.29, 1.82) is 0 Å². The largest absolute Gasteiger partial charge is 0.459 e. The zero-order valence-corrected chi connectivity index (χ0v) is 17.5. The molecule has 1 aromatic carbocycles. The number of nitrogens with one attached hydrogen (secondary N) is 1. The molecule has 4 aromatic rings. The molecule has 0 saturated carbocycles. The first-order chi connectivity index (χ1) is 14.6. The number of carbonyl (C=O) groups is 2. The molecule has 0 atom stereocenters. The molecule has 0 radical (unpaired) electrons. The first-order valence-corrected chi connectivity index (χ1v) is 10.5. The van der Waals surface area contributed by atoms with Crippen LogP contribution in [0.5, 0.6) is 0 Å². The quantitative estimate of drug-likeness (QED) is 0.345. The number of Topliss-reactive ketones (excluding diaryl/α,β-unsaturated/α-hetero) is 1. The zero-order valence-electron chi connectivity index (χ0n) is 16.7. The van der Waals surface area contributed by atoms with Crippen LogP contribution >= 0.6 is 11.8 Å². The molecule has 1 N–H and O–H groups in total. The average molecular weight is 423 g/mol. The first-order valence-electron chi connectivity index (χ1n) is 9.52. The fraction of sp³-hybridized carbons (Fsp3) is 0.238. The second kappa shape index (κ2) is 8.58. The Morgan fingerprint density at radius 3 is 2.77 bits per heavy atom. The number of ketones is 1. The SMILES string of the molecule is CCn1c(CNC(=O)c2ccco2)nnc1SCC(=O)c1cn(C)c2ccccc12. The fourth-order valence-corrected chi connectivity index (χ4v) is 4.20. The molecule has 0 bridgehead atoms. The van der Waals surface area contributed by atoms with Crippen molar-refractivity contribution in [2.45, 2.75) is 25.2 Å². The van der Waals surface area contributed by atoms with Gasteiger partial charge in [-0.1, -0.05) is 30.0 Å². The van der Waals surface area contributed by atoms with Crippen molar-refractivity contribution in [3.63, 3.8) is 0 Å². The van der Waals surface area contributed by atoms with E-state index in [4.69, 9.17) is 4.42 Å². The van der Waals surface area contributed by atoms with Crippen molar-refractivity contribution in [3.8, 4) is 0 Å². The molecule has 1 amide bonds. The highest BCUT2D eigenvalue weighted by molar-refractivity contribution is 7.99. The Kier molecular flexibility index (Phi) is 5.71. The third-order valence-electron chi connectivity index (χ3n) is 4.79. The first kappa shape index (κ1) is 20.0. The number of nitrogens with zero attached hydrogens (tertiary/aromatic N) is 4. The summed E-state index contributed by atoms with van der Waals surface area (Å²) in [7, 11) is 1.93. The summed E-state index contributed by atoms with van der Waals surface area (Å²) in [5.74, 6) is 0.844. The minimum Gasteiger partial charge on any atom is -0.459 e. The van der Waals surface area contributed by atoms with Gasteiger partial charge in [0.25, 0.3) is 5.91 Å². The van der Waals surface area contributed by atoms with Gasteiger partial charge in [-0.2, -0.15) is 0 Å². The van der Waals surface area contributed by atoms with Crippen molar-refractivity contribution in [3.05, 3.63) is 66.0 Å². The van der Waals surface area contributed by atoms with Crippen molar-refractivity contribution in [1.82, 2.24) is 24.6 Å². The highest BCUT2D eigenvalue weighted by Crippen LogP contribution is 2.24. The van der Waals surface area contributed by atoms with E-state index in [-0.39, 0.29) is 29.7 Å². The summed E-state index contributed by atoms with van der Waals surface area (Å²) in [6, 6.07) is 11.1. The maximum atomic E-state index is 12.8. The Hall–Kier alpha value is -3.33. The summed E-state index contributed by atoms with van der Waals surface area (Å²) < 4.78 is 8.94. The predicted octanol–water partition coefficient (Wildman–Crippen LogP) is 3.29. The number of aryl methyl sites for hydroxylation is 1. The lowest BCUT2D eigenvalue weighted by Crippen LogP contribution is -2.24. The Morgan fingerprint density at radius 2 is 2.00 bits per heavy atom. The van der Waals surface area contributed by atoms with Gasteiger partial charge in [-0.05, 0) is 25.1 Å². The van der Waals surface area contributed by atoms with Crippen LogP contribution in [0.2, 0.25) is 0 Å². The number of carbonyl (C=O) groups excluding carboxylic acids is 2. The molecule has 0 fully saturated rings. The van der Waals surface area contributed by atoms with Gasteiger partial charge in [-0.3, -0.25) is 9.59 Å². The minimum atomic E-state index is -0.314. The van der Waals surface area contributed by atoms with Gasteiger partial charge in [0.05, 0.1) is 18.6 Å². The molecule has 0 saturated heterocycles. The molecule has 0 aliphatic carbocycles. The monoisotopic (exact) mass is 423 g/mol. The van der Waals surface area contributed by atoms with Gasteiger partial charge >= 0.3 is 0 Å². The van der Waals surface area contributed by atoms with Gasteiger partial charge < -0.3 is 18.9 Å². The third kappa shape index (κ3) is 3.88. The second-order valence-electron chi connectivity index (χ2n) is 6.69. The second-order valence-corrected chi connectivity index (χ2v) is 7.63. The van der Waals surface area contributed by atoms with Crippen molar-refractivity contribution in [2.75, 3.05) is 5.75 Å². The van der Waals surface area contributed by atoms with Crippen LogP contribution < -0.4 is 5.32 Å².